The summed E-state index contributed by atoms with van der Waals surface area (Å²) in [5, 5.41) is 3.33. The van der Waals surface area contributed by atoms with Crippen molar-refractivity contribution in [1.82, 2.24) is 4.90 Å². The van der Waals surface area contributed by atoms with Crippen LogP contribution in [0, 0.1) is 5.92 Å². The molecule has 17 heavy (non-hydrogen) atoms. The SMILES string of the molecule is CC1CCN(C(=O)C2Cc3ccccc3N2)C1. The molecule has 0 aliphatic carbocycles. The van der Waals surface area contributed by atoms with Crippen molar-refractivity contribution in [3.63, 3.8) is 0 Å². The molecule has 3 rings (SSSR count). The number of hydrogen-bond acceptors (Lipinski definition) is 2. The summed E-state index contributed by atoms with van der Waals surface area (Å²) in [6.07, 6.45) is 1.98. The van der Waals surface area contributed by atoms with Gasteiger partial charge in [0, 0.05) is 25.2 Å². The lowest BCUT2D eigenvalue weighted by Crippen LogP contribution is -2.40. The first-order valence-electron chi connectivity index (χ1n) is 6.37. The van der Waals surface area contributed by atoms with E-state index >= 15 is 0 Å². The molecule has 2 unspecified atom stereocenters. The Balaban J connectivity index is 1.70. The van der Waals surface area contributed by atoms with Gasteiger partial charge >= 0.3 is 0 Å². The molecule has 1 aromatic carbocycles. The van der Waals surface area contributed by atoms with Gasteiger partial charge in [-0.1, -0.05) is 25.1 Å². The number of nitrogens with zero attached hydrogens (tertiary/aromatic N) is 1. The number of nitrogens with one attached hydrogen (secondary N) is 1. The largest absolute Gasteiger partial charge is 0.373 e. The van der Waals surface area contributed by atoms with Crippen molar-refractivity contribution in [3.8, 4) is 0 Å². The molecule has 90 valence electrons. The standard InChI is InChI=1S/C14H18N2O/c1-10-6-7-16(9-10)14(17)13-8-11-4-2-3-5-12(11)15-13/h2-5,10,13,15H,6-9H2,1H3. The van der Waals surface area contributed by atoms with Crippen LogP contribution >= 0.6 is 0 Å². The van der Waals surface area contributed by atoms with Gasteiger partial charge in [-0.2, -0.15) is 0 Å². The van der Waals surface area contributed by atoms with Gasteiger partial charge in [-0.05, 0) is 24.0 Å². The minimum atomic E-state index is -0.0438. The second-order valence-corrected chi connectivity index (χ2v) is 5.24. The zero-order valence-electron chi connectivity index (χ0n) is 10.1. The molecule has 1 saturated heterocycles. The van der Waals surface area contributed by atoms with Crippen LogP contribution in [0.3, 0.4) is 0 Å². The van der Waals surface area contributed by atoms with Gasteiger partial charge in [0.1, 0.15) is 6.04 Å². The number of likely N-dealkylation sites (tertiary alicyclic amines) is 1. The first-order valence-corrected chi connectivity index (χ1v) is 6.37. The van der Waals surface area contributed by atoms with Crippen molar-refractivity contribution in [3.05, 3.63) is 29.8 Å². The minimum Gasteiger partial charge on any atom is -0.373 e. The van der Waals surface area contributed by atoms with Gasteiger partial charge in [-0.25, -0.2) is 0 Å². The summed E-state index contributed by atoms with van der Waals surface area (Å²) in [6, 6.07) is 8.15. The lowest BCUT2D eigenvalue weighted by atomic mass is 10.1. The fourth-order valence-electron chi connectivity index (χ4n) is 2.80. The molecule has 0 spiro atoms. The van der Waals surface area contributed by atoms with E-state index in [2.05, 4.69) is 24.4 Å². The van der Waals surface area contributed by atoms with Crippen LogP contribution in [0.15, 0.2) is 24.3 Å². The number of rotatable bonds is 1. The van der Waals surface area contributed by atoms with Crippen molar-refractivity contribution in [1.29, 1.82) is 0 Å². The molecular weight excluding hydrogens is 212 g/mol. The third-order valence-corrected chi connectivity index (χ3v) is 3.80. The highest BCUT2D eigenvalue weighted by molar-refractivity contribution is 5.87. The number of carbonyl (C=O) groups is 1. The molecule has 0 radical (unpaired) electrons. The summed E-state index contributed by atoms with van der Waals surface area (Å²) in [5.74, 6) is 0.924. The van der Waals surface area contributed by atoms with Gasteiger partial charge < -0.3 is 10.2 Å². The van der Waals surface area contributed by atoms with E-state index in [1.54, 1.807) is 0 Å². The maximum atomic E-state index is 12.3. The molecule has 1 aromatic rings. The van der Waals surface area contributed by atoms with E-state index in [1.165, 1.54) is 5.56 Å². The third-order valence-electron chi connectivity index (χ3n) is 3.80. The van der Waals surface area contributed by atoms with Crippen molar-refractivity contribution in [2.75, 3.05) is 18.4 Å². The highest BCUT2D eigenvalue weighted by Gasteiger charge is 2.32. The molecule has 0 bridgehead atoms. The number of amides is 1. The van der Waals surface area contributed by atoms with E-state index in [0.29, 0.717) is 5.92 Å². The number of fused-ring (bicyclic) bond motifs is 1. The minimum absolute atomic E-state index is 0.0438. The fraction of sp³-hybridized carbons (Fsp3) is 0.500. The van der Waals surface area contributed by atoms with E-state index in [0.717, 1.165) is 31.6 Å². The Hall–Kier alpha value is -1.51. The molecule has 2 atom stereocenters. The second kappa shape index (κ2) is 4.06. The zero-order valence-corrected chi connectivity index (χ0v) is 10.1. The number of carbonyl (C=O) groups excluding carboxylic acids is 1. The van der Waals surface area contributed by atoms with Gasteiger partial charge in [-0.3, -0.25) is 4.79 Å². The van der Waals surface area contributed by atoms with E-state index in [9.17, 15) is 4.79 Å². The Labute approximate surface area is 102 Å². The predicted octanol–water partition coefficient (Wildman–Crippen LogP) is 1.89. The second-order valence-electron chi connectivity index (χ2n) is 5.24. The van der Waals surface area contributed by atoms with Crippen molar-refractivity contribution in [2.45, 2.75) is 25.8 Å². The lowest BCUT2D eigenvalue weighted by Gasteiger charge is -2.20. The molecule has 0 aromatic heterocycles. The molecule has 1 N–H and O–H groups in total. The Bertz CT molecular complexity index is 419. The molecule has 2 aliphatic heterocycles. The van der Waals surface area contributed by atoms with E-state index in [4.69, 9.17) is 0 Å². The first kappa shape index (κ1) is 10.6. The first-order chi connectivity index (χ1) is 8.24. The summed E-state index contributed by atoms with van der Waals surface area (Å²) >= 11 is 0. The number of benzene rings is 1. The van der Waals surface area contributed by atoms with Crippen LogP contribution in [0.25, 0.3) is 0 Å². The highest BCUT2D eigenvalue weighted by atomic mass is 16.2. The summed E-state index contributed by atoms with van der Waals surface area (Å²) in [7, 11) is 0. The topological polar surface area (TPSA) is 32.3 Å². The molecule has 2 heterocycles. The lowest BCUT2D eigenvalue weighted by molar-refractivity contribution is -0.130. The predicted molar refractivity (Wildman–Crippen MR) is 67.9 cm³/mol. The third kappa shape index (κ3) is 1.90. The van der Waals surface area contributed by atoms with Crippen LogP contribution in [0.4, 0.5) is 5.69 Å². The van der Waals surface area contributed by atoms with Crippen molar-refractivity contribution in [2.24, 2.45) is 5.92 Å². The van der Waals surface area contributed by atoms with E-state index < -0.39 is 0 Å². The maximum absolute atomic E-state index is 12.3. The number of anilines is 1. The molecule has 1 amide bonds. The summed E-state index contributed by atoms with van der Waals surface area (Å²) in [5.41, 5.74) is 2.39. The fourth-order valence-corrected chi connectivity index (χ4v) is 2.80. The molecule has 1 fully saturated rings. The summed E-state index contributed by atoms with van der Waals surface area (Å²) < 4.78 is 0. The van der Waals surface area contributed by atoms with Crippen LogP contribution in [0.5, 0.6) is 0 Å². The van der Waals surface area contributed by atoms with Gasteiger partial charge in [0.05, 0.1) is 0 Å². The Morgan fingerprint density at radius 1 is 1.41 bits per heavy atom. The van der Waals surface area contributed by atoms with Crippen LogP contribution in [-0.2, 0) is 11.2 Å². The Kier molecular flexibility index (Phi) is 2.54. The Morgan fingerprint density at radius 2 is 2.24 bits per heavy atom. The quantitative estimate of drug-likeness (QED) is 0.799. The van der Waals surface area contributed by atoms with Gasteiger partial charge in [-0.15, -0.1) is 0 Å². The number of para-hydroxylation sites is 1. The molecular formula is C14H18N2O. The van der Waals surface area contributed by atoms with Crippen molar-refractivity contribution < 1.29 is 4.79 Å². The van der Waals surface area contributed by atoms with E-state index in [-0.39, 0.29) is 11.9 Å². The van der Waals surface area contributed by atoms with Crippen LogP contribution in [0.1, 0.15) is 18.9 Å². The van der Waals surface area contributed by atoms with Crippen LogP contribution < -0.4 is 5.32 Å². The van der Waals surface area contributed by atoms with Gasteiger partial charge in [0.25, 0.3) is 0 Å². The zero-order chi connectivity index (χ0) is 11.8. The average Bonchev–Trinajstić information content (AvgIpc) is 2.93. The van der Waals surface area contributed by atoms with Crippen LogP contribution in [-0.4, -0.2) is 29.9 Å². The van der Waals surface area contributed by atoms with Gasteiger partial charge in [0.2, 0.25) is 5.91 Å². The smallest absolute Gasteiger partial charge is 0.245 e. The monoisotopic (exact) mass is 230 g/mol. The molecule has 3 heteroatoms. The van der Waals surface area contributed by atoms with Crippen molar-refractivity contribution >= 4 is 11.6 Å². The van der Waals surface area contributed by atoms with Crippen LogP contribution in [0.2, 0.25) is 0 Å². The summed E-state index contributed by atoms with van der Waals surface area (Å²) in [4.78, 5) is 14.3. The number of hydrogen-bond donors (Lipinski definition) is 1. The molecule has 2 aliphatic rings. The highest BCUT2D eigenvalue weighted by Crippen LogP contribution is 2.27. The Morgan fingerprint density at radius 3 is 2.94 bits per heavy atom. The van der Waals surface area contributed by atoms with Gasteiger partial charge in [0.15, 0.2) is 0 Å². The summed E-state index contributed by atoms with van der Waals surface area (Å²) in [6.45, 7) is 4.06. The molecule has 3 nitrogen and oxygen atoms in total. The maximum Gasteiger partial charge on any atom is 0.245 e. The normalized spacial score (nSPS) is 26.8. The average molecular weight is 230 g/mol. The van der Waals surface area contributed by atoms with E-state index in [1.807, 2.05) is 17.0 Å². The molecule has 0 saturated carbocycles.